The lowest BCUT2D eigenvalue weighted by atomic mass is 9.93. The third-order valence-electron chi connectivity index (χ3n) is 3.50. The van der Waals surface area contributed by atoms with E-state index in [0.29, 0.717) is 11.8 Å². The minimum Gasteiger partial charge on any atom is -0.338 e. The summed E-state index contributed by atoms with van der Waals surface area (Å²) in [5, 5.41) is 3.99. The Balaban J connectivity index is 1.84. The first-order valence-electron chi connectivity index (χ1n) is 6.49. The zero-order valence-corrected chi connectivity index (χ0v) is 10.7. The number of hydrogen-bond acceptors (Lipinski definition) is 5. The number of nitrogens with two attached hydrogens (primary N) is 1. The van der Waals surface area contributed by atoms with Crippen molar-refractivity contribution in [2.75, 3.05) is 19.6 Å². The highest BCUT2D eigenvalue weighted by Crippen LogP contribution is 2.20. The molecule has 1 fully saturated rings. The minimum absolute atomic E-state index is 0.168. The van der Waals surface area contributed by atoms with Gasteiger partial charge in [0, 0.05) is 6.42 Å². The van der Waals surface area contributed by atoms with Gasteiger partial charge in [-0.15, -0.1) is 0 Å². The van der Waals surface area contributed by atoms with E-state index < -0.39 is 0 Å². The summed E-state index contributed by atoms with van der Waals surface area (Å²) in [5.41, 5.74) is 5.69. The summed E-state index contributed by atoms with van der Waals surface area (Å²) in [6.07, 6.45) is 3.39. The molecule has 5 nitrogen and oxygen atoms in total. The molecule has 2 heterocycles. The van der Waals surface area contributed by atoms with Gasteiger partial charge in [0.2, 0.25) is 5.89 Å². The fourth-order valence-corrected chi connectivity index (χ4v) is 2.30. The van der Waals surface area contributed by atoms with Crippen LogP contribution in [0, 0.1) is 5.92 Å². The van der Waals surface area contributed by atoms with Gasteiger partial charge < -0.3 is 15.2 Å². The van der Waals surface area contributed by atoms with E-state index >= 15 is 0 Å². The number of piperidine rings is 1. The Bertz CT molecular complexity index is 342. The zero-order chi connectivity index (χ0) is 12.3. The van der Waals surface area contributed by atoms with Crippen LogP contribution in [0.25, 0.3) is 0 Å². The first kappa shape index (κ1) is 12.5. The Hall–Kier alpha value is -0.940. The fraction of sp³-hybridized carbons (Fsp3) is 0.833. The normalized spacial score (nSPS) is 20.6. The third-order valence-corrected chi connectivity index (χ3v) is 3.50. The fourth-order valence-electron chi connectivity index (χ4n) is 2.30. The van der Waals surface area contributed by atoms with Gasteiger partial charge in [-0.2, -0.15) is 4.98 Å². The summed E-state index contributed by atoms with van der Waals surface area (Å²) >= 11 is 0. The molecule has 2 rings (SSSR count). The average molecular weight is 238 g/mol. The van der Waals surface area contributed by atoms with Crippen molar-refractivity contribution in [3.8, 4) is 0 Å². The quantitative estimate of drug-likeness (QED) is 0.858. The molecule has 0 spiro atoms. The molecular formula is C12H22N4O. The van der Waals surface area contributed by atoms with Crippen LogP contribution in [0.15, 0.2) is 4.52 Å². The molecule has 1 aromatic rings. The first-order valence-corrected chi connectivity index (χ1v) is 6.49. The molecule has 0 radical (unpaired) electrons. The van der Waals surface area contributed by atoms with E-state index in [1.54, 1.807) is 0 Å². The summed E-state index contributed by atoms with van der Waals surface area (Å²) in [7, 11) is 0. The van der Waals surface area contributed by atoms with Gasteiger partial charge in [0.1, 0.15) is 0 Å². The van der Waals surface area contributed by atoms with Crippen LogP contribution < -0.4 is 5.73 Å². The van der Waals surface area contributed by atoms with Crippen molar-refractivity contribution in [3.63, 3.8) is 0 Å². The van der Waals surface area contributed by atoms with E-state index in [1.807, 2.05) is 6.92 Å². The molecule has 1 unspecified atom stereocenters. The molecule has 0 aromatic carbocycles. The topological polar surface area (TPSA) is 68.2 Å². The van der Waals surface area contributed by atoms with Crippen molar-refractivity contribution in [2.45, 2.75) is 39.2 Å². The van der Waals surface area contributed by atoms with Crippen LogP contribution >= 0.6 is 0 Å². The van der Waals surface area contributed by atoms with Gasteiger partial charge in [0.15, 0.2) is 5.82 Å². The summed E-state index contributed by atoms with van der Waals surface area (Å²) in [4.78, 5) is 6.81. The molecule has 1 saturated heterocycles. The van der Waals surface area contributed by atoms with E-state index in [4.69, 9.17) is 10.3 Å². The maximum Gasteiger partial charge on any atom is 0.243 e. The lowest BCUT2D eigenvalue weighted by molar-refractivity contribution is 0.190. The standard InChI is InChI=1S/C12H22N4O/c1-3-16-6-4-10(5-7-16)8-11-14-12(9(2)13)17-15-11/h9-10H,3-8,13H2,1-2H3. The van der Waals surface area contributed by atoms with E-state index in [-0.39, 0.29) is 6.04 Å². The molecule has 0 aliphatic carbocycles. The number of likely N-dealkylation sites (tertiary alicyclic amines) is 1. The second-order valence-corrected chi connectivity index (χ2v) is 4.92. The molecule has 2 N–H and O–H groups in total. The highest BCUT2D eigenvalue weighted by atomic mass is 16.5. The maximum atomic E-state index is 5.69. The van der Waals surface area contributed by atoms with Gasteiger partial charge in [-0.05, 0) is 45.3 Å². The SMILES string of the molecule is CCN1CCC(Cc2noc(C(C)N)n2)CC1. The van der Waals surface area contributed by atoms with Gasteiger partial charge in [-0.25, -0.2) is 0 Å². The van der Waals surface area contributed by atoms with E-state index in [0.717, 1.165) is 18.8 Å². The number of aromatic nitrogens is 2. The van der Waals surface area contributed by atoms with E-state index in [9.17, 15) is 0 Å². The summed E-state index contributed by atoms with van der Waals surface area (Å²) in [6, 6.07) is -0.168. The van der Waals surface area contributed by atoms with Gasteiger partial charge >= 0.3 is 0 Å². The smallest absolute Gasteiger partial charge is 0.243 e. The summed E-state index contributed by atoms with van der Waals surface area (Å²) < 4.78 is 5.11. The molecule has 1 aliphatic heterocycles. The van der Waals surface area contributed by atoms with Crippen molar-refractivity contribution in [1.29, 1.82) is 0 Å². The number of rotatable bonds is 4. The highest BCUT2D eigenvalue weighted by molar-refractivity contribution is 4.92. The van der Waals surface area contributed by atoms with E-state index in [2.05, 4.69) is 22.0 Å². The third kappa shape index (κ3) is 3.26. The first-order chi connectivity index (χ1) is 8.19. The van der Waals surface area contributed by atoms with Gasteiger partial charge in [-0.3, -0.25) is 0 Å². The maximum absolute atomic E-state index is 5.69. The molecule has 17 heavy (non-hydrogen) atoms. The number of nitrogens with zero attached hydrogens (tertiary/aromatic N) is 3. The molecule has 1 aromatic heterocycles. The molecule has 1 aliphatic rings. The number of hydrogen-bond donors (Lipinski definition) is 1. The van der Waals surface area contributed by atoms with Crippen LogP contribution in [0.3, 0.4) is 0 Å². The summed E-state index contributed by atoms with van der Waals surface area (Å²) in [6.45, 7) is 7.62. The van der Waals surface area contributed by atoms with Crippen molar-refractivity contribution < 1.29 is 4.52 Å². The molecule has 0 bridgehead atoms. The second kappa shape index (κ2) is 5.60. The van der Waals surface area contributed by atoms with Crippen molar-refractivity contribution in [2.24, 2.45) is 11.7 Å². The van der Waals surface area contributed by atoms with E-state index in [1.165, 1.54) is 25.9 Å². The Morgan fingerprint density at radius 1 is 1.47 bits per heavy atom. The van der Waals surface area contributed by atoms with Crippen molar-refractivity contribution in [3.05, 3.63) is 11.7 Å². The molecule has 0 saturated carbocycles. The lowest BCUT2D eigenvalue weighted by Crippen LogP contribution is -2.34. The zero-order valence-electron chi connectivity index (χ0n) is 10.7. The molecule has 1 atom stereocenters. The van der Waals surface area contributed by atoms with Crippen LogP contribution in [0.4, 0.5) is 0 Å². The monoisotopic (exact) mass is 238 g/mol. The molecule has 96 valence electrons. The Kier molecular flexibility index (Phi) is 4.12. The molecule has 0 amide bonds. The molecular weight excluding hydrogens is 216 g/mol. The van der Waals surface area contributed by atoms with Gasteiger partial charge in [-0.1, -0.05) is 12.1 Å². The van der Waals surface area contributed by atoms with Crippen LogP contribution in [-0.4, -0.2) is 34.7 Å². The van der Waals surface area contributed by atoms with Gasteiger partial charge in [0.05, 0.1) is 6.04 Å². The van der Waals surface area contributed by atoms with Crippen LogP contribution in [0.5, 0.6) is 0 Å². The Morgan fingerprint density at radius 2 is 2.18 bits per heavy atom. The largest absolute Gasteiger partial charge is 0.338 e. The molecule has 5 heteroatoms. The summed E-state index contributed by atoms with van der Waals surface area (Å²) in [5.74, 6) is 2.05. The van der Waals surface area contributed by atoms with Crippen molar-refractivity contribution >= 4 is 0 Å². The van der Waals surface area contributed by atoms with Crippen LogP contribution in [0.2, 0.25) is 0 Å². The van der Waals surface area contributed by atoms with Crippen LogP contribution in [0.1, 0.15) is 44.4 Å². The average Bonchev–Trinajstić information content (AvgIpc) is 2.79. The van der Waals surface area contributed by atoms with Crippen molar-refractivity contribution in [1.82, 2.24) is 15.0 Å². The predicted molar refractivity (Wildman–Crippen MR) is 65.4 cm³/mol. The predicted octanol–water partition coefficient (Wildman–Crippen LogP) is 1.36. The Labute approximate surface area is 102 Å². The minimum atomic E-state index is -0.168. The lowest BCUT2D eigenvalue weighted by Gasteiger charge is -2.30. The van der Waals surface area contributed by atoms with Crippen LogP contribution in [-0.2, 0) is 6.42 Å². The van der Waals surface area contributed by atoms with Gasteiger partial charge in [0.25, 0.3) is 0 Å². The highest BCUT2D eigenvalue weighted by Gasteiger charge is 2.20. The Morgan fingerprint density at radius 3 is 2.71 bits per heavy atom. The second-order valence-electron chi connectivity index (χ2n) is 4.92.